The van der Waals surface area contributed by atoms with Crippen LogP contribution in [0.5, 0.6) is 0 Å². The second kappa shape index (κ2) is 9.33. The molecule has 1 unspecified atom stereocenters. The number of rotatable bonds is 5. The monoisotopic (exact) mass is 296 g/mol. The summed E-state index contributed by atoms with van der Waals surface area (Å²) >= 11 is 0. The third-order valence-corrected chi connectivity index (χ3v) is 2.44. The third kappa shape index (κ3) is 5.50. The first-order valence-corrected chi connectivity index (χ1v) is 5.54. The van der Waals surface area contributed by atoms with Gasteiger partial charge in [0, 0.05) is 11.0 Å². The molecule has 0 amide bonds. The Morgan fingerprint density at radius 1 is 1.52 bits per heavy atom. The molecule has 1 atom stereocenters. The minimum atomic E-state index is -0.718. The Hall–Kier alpha value is -2.60. The van der Waals surface area contributed by atoms with Crippen LogP contribution in [0.25, 0.3) is 10.4 Å². The Morgan fingerprint density at radius 3 is 2.62 bits per heavy atom. The van der Waals surface area contributed by atoms with Crippen LogP contribution < -0.4 is 0 Å². The standard InChI is InChI=1S/C11H12N4O4.2CH4/c1-3-7(2)19-11(16)8-4-5-9(13-14-12)10(6-8)15(17)18;;/h4-7H,3H2,1-2H3;2*1H4. The summed E-state index contributed by atoms with van der Waals surface area (Å²) in [7, 11) is 0. The number of carbonyl (C=O) groups is 1. The van der Waals surface area contributed by atoms with Crippen LogP contribution in [0.15, 0.2) is 23.3 Å². The summed E-state index contributed by atoms with van der Waals surface area (Å²) in [6.07, 6.45) is 0.369. The van der Waals surface area contributed by atoms with Gasteiger partial charge in [-0.2, -0.15) is 0 Å². The van der Waals surface area contributed by atoms with Crippen molar-refractivity contribution >= 4 is 17.3 Å². The summed E-state index contributed by atoms with van der Waals surface area (Å²) in [5.41, 5.74) is 7.77. The zero-order chi connectivity index (χ0) is 14.4. The molecule has 0 N–H and O–H groups in total. The van der Waals surface area contributed by atoms with E-state index < -0.39 is 16.6 Å². The molecule has 21 heavy (non-hydrogen) atoms. The number of nitro groups is 1. The van der Waals surface area contributed by atoms with Gasteiger partial charge in [-0.05, 0) is 31.0 Å². The molecule has 0 aliphatic rings. The van der Waals surface area contributed by atoms with Crippen molar-refractivity contribution in [1.29, 1.82) is 0 Å². The van der Waals surface area contributed by atoms with E-state index in [-0.39, 0.29) is 32.2 Å². The number of carbonyl (C=O) groups excluding carboxylic acids is 1. The van der Waals surface area contributed by atoms with Gasteiger partial charge in [-0.25, -0.2) is 4.79 Å². The largest absolute Gasteiger partial charge is 0.459 e. The molecule has 0 radical (unpaired) electrons. The van der Waals surface area contributed by atoms with E-state index in [0.717, 1.165) is 6.07 Å². The number of nitrogens with zero attached hydrogens (tertiary/aromatic N) is 4. The van der Waals surface area contributed by atoms with Crippen molar-refractivity contribution in [3.63, 3.8) is 0 Å². The van der Waals surface area contributed by atoms with E-state index in [1.165, 1.54) is 12.1 Å². The highest BCUT2D eigenvalue weighted by molar-refractivity contribution is 5.91. The van der Waals surface area contributed by atoms with Gasteiger partial charge >= 0.3 is 5.97 Å². The maximum absolute atomic E-state index is 11.7. The van der Waals surface area contributed by atoms with E-state index in [4.69, 9.17) is 10.3 Å². The van der Waals surface area contributed by atoms with E-state index in [2.05, 4.69) is 10.0 Å². The van der Waals surface area contributed by atoms with E-state index in [1.54, 1.807) is 6.92 Å². The van der Waals surface area contributed by atoms with Crippen molar-refractivity contribution in [1.82, 2.24) is 0 Å². The van der Waals surface area contributed by atoms with Gasteiger partial charge in [0.25, 0.3) is 5.69 Å². The first-order valence-electron chi connectivity index (χ1n) is 5.54. The van der Waals surface area contributed by atoms with Gasteiger partial charge in [0.2, 0.25) is 0 Å². The lowest BCUT2D eigenvalue weighted by Gasteiger charge is -2.10. The molecule has 8 heteroatoms. The maximum atomic E-state index is 11.7. The van der Waals surface area contributed by atoms with E-state index in [0.29, 0.717) is 6.42 Å². The van der Waals surface area contributed by atoms with Crippen LogP contribution in [0.1, 0.15) is 45.5 Å². The SMILES string of the molecule is C.C.CCC(C)OC(=O)c1ccc(N=[N+]=[N-])c([N+](=O)[O-])c1. The zero-order valence-electron chi connectivity index (χ0n) is 10.4. The third-order valence-electron chi connectivity index (χ3n) is 2.44. The van der Waals surface area contributed by atoms with Crippen molar-refractivity contribution in [3.05, 3.63) is 44.3 Å². The lowest BCUT2D eigenvalue weighted by Crippen LogP contribution is -2.14. The second-order valence-corrected chi connectivity index (χ2v) is 3.77. The molecule has 8 nitrogen and oxygen atoms in total. The molecule has 1 aromatic carbocycles. The van der Waals surface area contributed by atoms with Gasteiger partial charge in [0.05, 0.1) is 16.6 Å². The van der Waals surface area contributed by atoms with Crippen LogP contribution in [0.3, 0.4) is 0 Å². The minimum Gasteiger partial charge on any atom is -0.459 e. The van der Waals surface area contributed by atoms with Crippen LogP contribution >= 0.6 is 0 Å². The quantitative estimate of drug-likeness (QED) is 0.194. The van der Waals surface area contributed by atoms with E-state index in [9.17, 15) is 14.9 Å². The van der Waals surface area contributed by atoms with Crippen LogP contribution in [0.4, 0.5) is 11.4 Å². The Balaban J connectivity index is 0. The minimum absolute atomic E-state index is 0. The molecule has 0 bridgehead atoms. The molecular weight excluding hydrogens is 276 g/mol. The van der Waals surface area contributed by atoms with Crippen molar-refractivity contribution in [2.24, 2.45) is 5.11 Å². The topological polar surface area (TPSA) is 118 Å². The van der Waals surface area contributed by atoms with Crippen molar-refractivity contribution in [3.8, 4) is 0 Å². The summed E-state index contributed by atoms with van der Waals surface area (Å²) in [6.45, 7) is 3.58. The molecule has 0 saturated heterocycles. The lowest BCUT2D eigenvalue weighted by molar-refractivity contribution is -0.384. The Morgan fingerprint density at radius 2 is 2.14 bits per heavy atom. The van der Waals surface area contributed by atoms with Crippen molar-refractivity contribution < 1.29 is 14.5 Å². The first kappa shape index (κ1) is 20.7. The molecule has 0 heterocycles. The fraction of sp³-hybridized carbons (Fsp3) is 0.462. The highest BCUT2D eigenvalue weighted by Crippen LogP contribution is 2.28. The number of esters is 1. The van der Waals surface area contributed by atoms with Gasteiger partial charge in [0.15, 0.2) is 0 Å². The number of benzene rings is 1. The average molecular weight is 296 g/mol. The molecule has 0 fully saturated rings. The molecule has 0 saturated carbocycles. The van der Waals surface area contributed by atoms with Crippen LogP contribution in [0, 0.1) is 10.1 Å². The number of ether oxygens (including phenoxy) is 1. The summed E-state index contributed by atoms with van der Waals surface area (Å²) in [5, 5.41) is 14.0. The van der Waals surface area contributed by atoms with Crippen LogP contribution in [0.2, 0.25) is 0 Å². The van der Waals surface area contributed by atoms with Crippen LogP contribution in [-0.2, 0) is 4.74 Å². The fourth-order valence-electron chi connectivity index (χ4n) is 1.26. The normalized spacial score (nSPS) is 10.2. The smallest absolute Gasteiger partial charge is 0.338 e. The maximum Gasteiger partial charge on any atom is 0.338 e. The Kier molecular flexibility index (Phi) is 9.20. The van der Waals surface area contributed by atoms with Crippen molar-refractivity contribution in [2.75, 3.05) is 0 Å². The van der Waals surface area contributed by atoms with Gasteiger partial charge < -0.3 is 4.74 Å². The summed E-state index contributed by atoms with van der Waals surface area (Å²) in [6, 6.07) is 3.57. The number of hydrogen-bond acceptors (Lipinski definition) is 5. The second-order valence-electron chi connectivity index (χ2n) is 3.77. The number of hydrogen-bond donors (Lipinski definition) is 0. The fourth-order valence-corrected chi connectivity index (χ4v) is 1.26. The van der Waals surface area contributed by atoms with E-state index >= 15 is 0 Å². The van der Waals surface area contributed by atoms with Gasteiger partial charge in [-0.1, -0.05) is 26.9 Å². The number of azide groups is 1. The van der Waals surface area contributed by atoms with Gasteiger partial charge in [-0.15, -0.1) is 0 Å². The molecular formula is C13H20N4O4. The highest BCUT2D eigenvalue weighted by Gasteiger charge is 2.18. The Labute approximate surface area is 123 Å². The molecule has 1 rings (SSSR count). The molecule has 116 valence electrons. The molecule has 0 spiro atoms. The molecule has 0 aromatic heterocycles. The van der Waals surface area contributed by atoms with Gasteiger partial charge in [-0.3, -0.25) is 10.1 Å². The van der Waals surface area contributed by atoms with Crippen molar-refractivity contribution in [2.45, 2.75) is 41.2 Å². The predicted molar refractivity (Wildman–Crippen MR) is 80.5 cm³/mol. The molecule has 1 aromatic rings. The van der Waals surface area contributed by atoms with Gasteiger partial charge in [0.1, 0.15) is 5.69 Å². The number of nitro benzene ring substituents is 1. The Bertz CT molecular complexity index is 553. The summed E-state index contributed by atoms with van der Waals surface area (Å²) in [4.78, 5) is 24.3. The van der Waals surface area contributed by atoms with Crippen LogP contribution in [-0.4, -0.2) is 17.0 Å². The summed E-state index contributed by atoms with van der Waals surface area (Å²) < 4.78 is 5.06. The highest BCUT2D eigenvalue weighted by atomic mass is 16.6. The predicted octanol–water partition coefficient (Wildman–Crippen LogP) is 4.76. The van der Waals surface area contributed by atoms with E-state index in [1.807, 2.05) is 6.92 Å². The first-order chi connectivity index (χ1) is 8.99. The molecule has 0 aliphatic carbocycles. The molecule has 0 aliphatic heterocycles. The summed E-state index contributed by atoms with van der Waals surface area (Å²) in [5.74, 6) is -0.648. The zero-order valence-corrected chi connectivity index (χ0v) is 10.4. The average Bonchev–Trinajstić information content (AvgIpc) is 2.38. The lowest BCUT2D eigenvalue weighted by atomic mass is 10.1.